The molecule has 0 aliphatic heterocycles. The predicted molar refractivity (Wildman–Crippen MR) is 35.5 cm³/mol. The number of carbonyl (C=O) groups is 2. The first kappa shape index (κ1) is 8.68. The molecule has 0 aromatic carbocycles. The number of nitrogens with zero attached hydrogens (tertiary/aromatic N) is 1. The minimum atomic E-state index is -1.00. The second-order valence-electron chi connectivity index (χ2n) is 1.79. The molecule has 0 aromatic rings. The van der Waals surface area contributed by atoms with Gasteiger partial charge in [0.2, 0.25) is 6.41 Å². The summed E-state index contributed by atoms with van der Waals surface area (Å²) in [5, 5.41) is 8.11. The summed E-state index contributed by atoms with van der Waals surface area (Å²) >= 11 is 0. The van der Waals surface area contributed by atoms with Crippen LogP contribution in [0.1, 0.15) is 0 Å². The summed E-state index contributed by atoms with van der Waals surface area (Å²) < 4.78 is 0. The molecule has 0 saturated carbocycles. The number of carboxylic acid groups (broad SMARTS) is 1. The van der Waals surface area contributed by atoms with Crippen molar-refractivity contribution in [3.8, 4) is 0 Å². The van der Waals surface area contributed by atoms with Crippen molar-refractivity contribution in [3.05, 3.63) is 12.2 Å². The van der Waals surface area contributed by atoms with E-state index in [4.69, 9.17) is 5.11 Å². The van der Waals surface area contributed by atoms with E-state index in [2.05, 4.69) is 0 Å². The number of hydrogen-bond acceptors (Lipinski definition) is 2. The summed E-state index contributed by atoms with van der Waals surface area (Å²) in [4.78, 5) is 21.1. The molecule has 1 amide bonds. The number of rotatable bonds is 4. The van der Waals surface area contributed by atoms with Crippen molar-refractivity contribution in [1.29, 1.82) is 0 Å². The quantitative estimate of drug-likeness (QED) is 0.434. The molecule has 0 aliphatic carbocycles. The molecule has 0 fully saturated rings. The number of hydrogen-bond donors (Lipinski definition) is 1. The number of aliphatic carboxylic acids is 1. The van der Waals surface area contributed by atoms with Gasteiger partial charge in [0.25, 0.3) is 0 Å². The Morgan fingerprint density at radius 3 is 2.70 bits per heavy atom. The first-order chi connectivity index (χ1) is 4.66. The van der Waals surface area contributed by atoms with Gasteiger partial charge in [-0.15, -0.1) is 0 Å². The van der Waals surface area contributed by atoms with Crippen LogP contribution >= 0.6 is 0 Å². The second kappa shape index (κ2) is 4.55. The molecule has 4 heteroatoms. The molecule has 1 N–H and O–H groups in total. The summed E-state index contributed by atoms with van der Waals surface area (Å²) in [6, 6.07) is 0. The normalized spacial score (nSPS) is 9.70. The fourth-order valence-corrected chi connectivity index (χ4v) is 0.363. The van der Waals surface area contributed by atoms with Gasteiger partial charge in [-0.1, -0.05) is 6.08 Å². The Balaban J connectivity index is 3.52. The molecule has 0 radical (unpaired) electrons. The smallest absolute Gasteiger partial charge is 0.328 e. The van der Waals surface area contributed by atoms with E-state index in [-0.39, 0.29) is 0 Å². The molecule has 4 nitrogen and oxygen atoms in total. The highest BCUT2D eigenvalue weighted by atomic mass is 16.4. The highest BCUT2D eigenvalue weighted by Gasteiger charge is 1.88. The summed E-state index contributed by atoms with van der Waals surface area (Å²) in [6.45, 7) is 0.329. The van der Waals surface area contributed by atoms with Crippen LogP contribution < -0.4 is 0 Å². The Morgan fingerprint density at radius 1 is 1.70 bits per heavy atom. The average molecular weight is 143 g/mol. The zero-order valence-corrected chi connectivity index (χ0v) is 5.65. The minimum absolute atomic E-state index is 0.329. The number of carboxylic acids is 1. The van der Waals surface area contributed by atoms with Gasteiger partial charge in [0, 0.05) is 19.7 Å². The van der Waals surface area contributed by atoms with Gasteiger partial charge in [0.15, 0.2) is 0 Å². The minimum Gasteiger partial charge on any atom is -0.478 e. The standard InChI is InChI=1S/C6H9NO3/c1-7(5-8)4-2-3-6(9)10/h2-3,5H,4H2,1H3,(H,9,10)/b3-2+. The van der Waals surface area contributed by atoms with Crippen molar-refractivity contribution >= 4 is 12.4 Å². The van der Waals surface area contributed by atoms with Crippen LogP contribution in [0.3, 0.4) is 0 Å². The van der Waals surface area contributed by atoms with Crippen molar-refractivity contribution < 1.29 is 14.7 Å². The molecule has 0 spiro atoms. The van der Waals surface area contributed by atoms with Gasteiger partial charge in [-0.25, -0.2) is 4.79 Å². The maximum absolute atomic E-state index is 9.93. The van der Waals surface area contributed by atoms with Gasteiger partial charge in [-0.3, -0.25) is 4.79 Å². The van der Waals surface area contributed by atoms with Crippen molar-refractivity contribution in [2.24, 2.45) is 0 Å². The maximum Gasteiger partial charge on any atom is 0.328 e. The molecular weight excluding hydrogens is 134 g/mol. The lowest BCUT2D eigenvalue weighted by Gasteiger charge is -2.03. The fraction of sp³-hybridized carbons (Fsp3) is 0.333. The Morgan fingerprint density at radius 2 is 2.30 bits per heavy atom. The molecule has 0 atom stereocenters. The molecule has 0 aliphatic rings. The van der Waals surface area contributed by atoms with E-state index < -0.39 is 5.97 Å². The largest absolute Gasteiger partial charge is 0.478 e. The van der Waals surface area contributed by atoms with Gasteiger partial charge in [0.1, 0.15) is 0 Å². The van der Waals surface area contributed by atoms with Gasteiger partial charge in [-0.2, -0.15) is 0 Å². The SMILES string of the molecule is CN(C=O)C/C=C/C(=O)O. The maximum atomic E-state index is 9.93. The van der Waals surface area contributed by atoms with Gasteiger partial charge in [-0.05, 0) is 0 Å². The molecule has 56 valence electrons. The van der Waals surface area contributed by atoms with Crippen LogP contribution in [0.15, 0.2) is 12.2 Å². The molecule has 0 rings (SSSR count). The van der Waals surface area contributed by atoms with Crippen molar-refractivity contribution in [2.45, 2.75) is 0 Å². The number of amides is 1. The molecule has 10 heavy (non-hydrogen) atoms. The van der Waals surface area contributed by atoms with Crippen LogP contribution in [0.25, 0.3) is 0 Å². The van der Waals surface area contributed by atoms with Crippen LogP contribution in [-0.4, -0.2) is 36.0 Å². The number of carbonyl (C=O) groups excluding carboxylic acids is 1. The topological polar surface area (TPSA) is 57.6 Å². The van der Waals surface area contributed by atoms with Crippen LogP contribution in [0.2, 0.25) is 0 Å². The zero-order valence-electron chi connectivity index (χ0n) is 5.65. The highest BCUT2D eigenvalue weighted by Crippen LogP contribution is 1.77. The van der Waals surface area contributed by atoms with Gasteiger partial charge < -0.3 is 10.0 Å². The van der Waals surface area contributed by atoms with E-state index in [1.54, 1.807) is 7.05 Å². The Labute approximate surface area is 58.8 Å². The zero-order chi connectivity index (χ0) is 7.98. The first-order valence-corrected chi connectivity index (χ1v) is 2.72. The second-order valence-corrected chi connectivity index (χ2v) is 1.79. The highest BCUT2D eigenvalue weighted by molar-refractivity contribution is 5.79. The van der Waals surface area contributed by atoms with Crippen LogP contribution in [0.5, 0.6) is 0 Å². The average Bonchev–Trinajstić information content (AvgIpc) is 1.87. The third-order valence-corrected chi connectivity index (χ3v) is 0.834. The van der Waals surface area contributed by atoms with E-state index in [0.29, 0.717) is 13.0 Å². The summed E-state index contributed by atoms with van der Waals surface area (Å²) in [6.07, 6.45) is 3.03. The third-order valence-electron chi connectivity index (χ3n) is 0.834. The van der Waals surface area contributed by atoms with Crippen molar-refractivity contribution in [2.75, 3.05) is 13.6 Å². The van der Waals surface area contributed by atoms with E-state index in [1.165, 1.54) is 11.0 Å². The molecule has 0 aromatic heterocycles. The Bertz CT molecular complexity index is 153. The fourth-order valence-electron chi connectivity index (χ4n) is 0.363. The van der Waals surface area contributed by atoms with Crippen LogP contribution in [-0.2, 0) is 9.59 Å². The van der Waals surface area contributed by atoms with Crippen molar-refractivity contribution in [1.82, 2.24) is 4.90 Å². The van der Waals surface area contributed by atoms with E-state index in [9.17, 15) is 9.59 Å². The molecular formula is C6H9NO3. The molecule has 0 saturated heterocycles. The van der Waals surface area contributed by atoms with E-state index in [1.807, 2.05) is 0 Å². The lowest BCUT2D eigenvalue weighted by molar-refractivity contribution is -0.131. The van der Waals surface area contributed by atoms with Crippen LogP contribution in [0, 0.1) is 0 Å². The van der Waals surface area contributed by atoms with E-state index >= 15 is 0 Å². The summed E-state index contributed by atoms with van der Waals surface area (Å²) in [7, 11) is 1.57. The number of likely N-dealkylation sites (N-methyl/N-ethyl adjacent to an activating group) is 1. The summed E-state index contributed by atoms with van der Waals surface area (Å²) in [5.74, 6) is -1.00. The molecule has 0 heterocycles. The molecule has 0 unspecified atom stereocenters. The third kappa shape index (κ3) is 4.83. The van der Waals surface area contributed by atoms with Crippen LogP contribution in [0.4, 0.5) is 0 Å². The van der Waals surface area contributed by atoms with Crippen molar-refractivity contribution in [3.63, 3.8) is 0 Å². The van der Waals surface area contributed by atoms with Gasteiger partial charge in [0.05, 0.1) is 0 Å². The lowest BCUT2D eigenvalue weighted by Crippen LogP contribution is -2.15. The van der Waals surface area contributed by atoms with E-state index in [0.717, 1.165) is 6.08 Å². The molecule has 0 bridgehead atoms. The monoisotopic (exact) mass is 143 g/mol. The first-order valence-electron chi connectivity index (χ1n) is 2.72. The Hall–Kier alpha value is -1.32. The predicted octanol–water partition coefficient (Wildman–Crippen LogP) is -0.285. The van der Waals surface area contributed by atoms with Gasteiger partial charge >= 0.3 is 5.97 Å². The lowest BCUT2D eigenvalue weighted by atomic mass is 10.5. The summed E-state index contributed by atoms with van der Waals surface area (Å²) in [5.41, 5.74) is 0. The Kier molecular flexibility index (Phi) is 3.95.